The first kappa shape index (κ1) is 86.0. The van der Waals surface area contributed by atoms with Crippen LogP contribution in [0, 0.1) is 5.92 Å². The molecule has 0 radical (unpaired) electrons. The fraction of sp³-hybridized carbons (Fsp3) is 0.467. The molecule has 3 saturated heterocycles. The maximum Gasteiger partial charge on any atom is 0.261 e. The molecule has 0 spiro atoms. The third-order valence-corrected chi connectivity index (χ3v) is 25.6. The van der Waals surface area contributed by atoms with Crippen molar-refractivity contribution in [2.75, 3.05) is 175 Å². The van der Waals surface area contributed by atoms with E-state index in [1.807, 2.05) is 123 Å². The number of hydrogen-bond donors (Lipinski definition) is 4. The lowest BCUT2D eigenvalue weighted by Gasteiger charge is -2.36. The van der Waals surface area contributed by atoms with Gasteiger partial charge in [0, 0.05) is 180 Å². The number of piperazine rings is 3. The van der Waals surface area contributed by atoms with Gasteiger partial charge in [0.25, 0.3) is 29.5 Å². The SMILES string of the molecule is CCN1CCN(c2cccc3c2CN([C@H](CCCNC(=O)C2CCC2)c2ccc(OC)c(OC)c2)C3=O)CC1.CCN1CCN(c2cccc3c2CN([C@H](CCCNC(=O)c2cccs2)c2ccc(OC)c(OC)c2)C3=O)CC1.CCN1CCN(c2cccc3c2CN([C@H](CCCNC(=O)c2cn[nH]c2)c2ccc(OC)c(OC)c2)C3=O)CC1. The molecule has 634 valence electrons. The Morgan fingerprint density at radius 3 is 1.12 bits per heavy atom. The first-order valence-electron chi connectivity index (χ1n) is 42.3. The average molecular weight is 1640 g/mol. The maximum absolute atomic E-state index is 13.9. The maximum atomic E-state index is 13.9. The minimum Gasteiger partial charge on any atom is -0.493 e. The van der Waals surface area contributed by atoms with E-state index < -0.39 is 0 Å². The Morgan fingerprint density at radius 1 is 0.445 bits per heavy atom. The second-order valence-electron chi connectivity index (χ2n) is 31.2. The van der Waals surface area contributed by atoms with Crippen LogP contribution in [-0.2, 0) is 24.4 Å². The van der Waals surface area contributed by atoms with E-state index in [4.69, 9.17) is 28.4 Å². The Morgan fingerprint density at radius 2 is 0.807 bits per heavy atom. The van der Waals surface area contributed by atoms with Crippen LogP contribution in [0.2, 0.25) is 0 Å². The van der Waals surface area contributed by atoms with Gasteiger partial charge >= 0.3 is 0 Å². The molecule has 6 aromatic carbocycles. The number of nitrogens with zero attached hydrogens (tertiary/aromatic N) is 10. The minimum atomic E-state index is -0.199. The smallest absolute Gasteiger partial charge is 0.261 e. The summed E-state index contributed by atoms with van der Waals surface area (Å²) in [6, 6.07) is 39.2. The molecule has 2 aromatic heterocycles. The molecule has 8 aromatic rings. The summed E-state index contributed by atoms with van der Waals surface area (Å²) in [4.78, 5) is 100. The first-order valence-corrected chi connectivity index (χ1v) is 43.2. The number of H-pyrrole nitrogens is 1. The summed E-state index contributed by atoms with van der Waals surface area (Å²) in [7, 11) is 9.73. The Kier molecular flexibility index (Phi) is 29.8. The van der Waals surface area contributed by atoms with Crippen molar-refractivity contribution in [2.24, 2.45) is 5.92 Å². The van der Waals surface area contributed by atoms with Crippen LogP contribution in [0.5, 0.6) is 34.5 Å². The summed E-state index contributed by atoms with van der Waals surface area (Å²) >= 11 is 1.43. The Labute approximate surface area is 704 Å². The molecule has 4 N–H and O–H groups in total. The summed E-state index contributed by atoms with van der Waals surface area (Å²) in [5.41, 5.74) is 12.6. The Balaban J connectivity index is 0.000000155. The summed E-state index contributed by atoms with van der Waals surface area (Å²) in [5.74, 6) is 4.12. The van der Waals surface area contributed by atoms with Crippen LogP contribution in [0.3, 0.4) is 0 Å². The third kappa shape index (κ3) is 20.0. The average Bonchev–Trinajstić information content (AvgIpc) is 1.63. The molecular formula is C92H118N14O12S. The van der Waals surface area contributed by atoms with Gasteiger partial charge in [-0.25, -0.2) is 0 Å². The number of aromatic amines is 1. The van der Waals surface area contributed by atoms with Crippen LogP contribution < -0.4 is 59.1 Å². The van der Waals surface area contributed by atoms with Crippen molar-refractivity contribution in [3.8, 4) is 34.5 Å². The first-order chi connectivity index (χ1) is 58.1. The van der Waals surface area contributed by atoms with Crippen molar-refractivity contribution >= 4 is 63.8 Å². The summed E-state index contributed by atoms with van der Waals surface area (Å²) in [6.45, 7) is 25.1. The van der Waals surface area contributed by atoms with E-state index in [-0.39, 0.29) is 59.5 Å². The van der Waals surface area contributed by atoms with Gasteiger partial charge in [0.15, 0.2) is 34.5 Å². The van der Waals surface area contributed by atoms with Gasteiger partial charge in [-0.15, -0.1) is 11.3 Å². The van der Waals surface area contributed by atoms with Gasteiger partial charge in [0.05, 0.1) is 77.4 Å². The number of ether oxygens (including phenoxy) is 6. The van der Waals surface area contributed by atoms with E-state index in [9.17, 15) is 28.8 Å². The molecule has 1 saturated carbocycles. The largest absolute Gasteiger partial charge is 0.493 e. The van der Waals surface area contributed by atoms with Crippen LogP contribution in [0.1, 0.15) is 181 Å². The van der Waals surface area contributed by atoms with Crippen LogP contribution >= 0.6 is 11.3 Å². The van der Waals surface area contributed by atoms with Crippen LogP contribution in [0.4, 0.5) is 17.1 Å². The molecule has 6 amide bonds. The number of amides is 6. The minimum absolute atomic E-state index is 0.0336. The van der Waals surface area contributed by atoms with Crippen molar-refractivity contribution in [3.05, 3.63) is 200 Å². The van der Waals surface area contributed by atoms with E-state index in [1.54, 1.807) is 48.9 Å². The lowest BCUT2D eigenvalue weighted by molar-refractivity contribution is -0.127. The fourth-order valence-corrected chi connectivity index (χ4v) is 18.2. The highest BCUT2D eigenvalue weighted by Gasteiger charge is 2.41. The lowest BCUT2D eigenvalue weighted by atomic mass is 9.85. The number of methoxy groups -OCH3 is 6. The number of likely N-dealkylation sites (N-methyl/N-ethyl adjacent to an activating group) is 3. The molecular weight excluding hydrogens is 1530 g/mol. The highest BCUT2D eigenvalue weighted by Crippen LogP contribution is 2.45. The number of carbonyl (C=O) groups excluding carboxylic acids is 6. The molecule has 7 aliphatic rings. The third-order valence-electron chi connectivity index (χ3n) is 24.7. The summed E-state index contributed by atoms with van der Waals surface area (Å²) < 4.78 is 33.2. The Hall–Kier alpha value is -10.9. The number of nitrogens with one attached hydrogen (secondary N) is 4. The predicted molar refractivity (Wildman–Crippen MR) is 464 cm³/mol. The second kappa shape index (κ2) is 41.2. The number of thiophene rings is 1. The molecule has 119 heavy (non-hydrogen) atoms. The number of fused-ring (bicyclic) bond motifs is 3. The van der Waals surface area contributed by atoms with Crippen molar-refractivity contribution < 1.29 is 57.2 Å². The number of benzene rings is 6. The monoisotopic (exact) mass is 1640 g/mol. The van der Waals surface area contributed by atoms with Gasteiger partial charge in [-0.1, -0.05) is 69.7 Å². The Bertz CT molecular complexity index is 4550. The number of hydrogen-bond acceptors (Lipinski definition) is 20. The number of anilines is 3. The second-order valence-corrected chi connectivity index (χ2v) is 32.1. The quantitative estimate of drug-likeness (QED) is 0.0279. The number of carbonyl (C=O) groups is 6. The van der Waals surface area contributed by atoms with E-state index >= 15 is 0 Å². The zero-order valence-corrected chi connectivity index (χ0v) is 71.4. The molecule has 3 atom stereocenters. The van der Waals surface area contributed by atoms with Crippen molar-refractivity contribution in [1.82, 2.24) is 55.5 Å². The standard InChI is InChI=1S/C31H38N4O4S.C31H42N4O4.C30H38N6O4/c1-4-33-15-17-34(18-16-33)26-9-5-8-23-24(26)21-35(31(23)37)25(22-12-13-27(38-2)28(20-22)39-3)10-6-14-32-30(36)29-11-7-19-40-29;1-4-33-16-18-34(19-17-33)27-11-6-10-24-25(27)21-35(31(24)37)26(12-7-15-32-30(36)22-8-5-9-22)23-13-14-28(38-2)29(20-23)39-3;1-4-34-13-15-35(16-14-34)26-8-5-7-23-24(26)20-36(30(23)38)25(21-10-11-27(39-2)28(17-21)40-3)9-6-12-31-29(37)22-18-32-33-19-22/h5,7-9,11-13,19-20,25H,4,6,10,14-18,21H2,1-3H3,(H,32,36);6,10-11,13-14,20,22,26H,4-5,7-9,12,15-19,21H2,1-3H3,(H,32,36);5,7-8,10-11,17-19,25H,4,6,9,12-16,20H2,1-3H3,(H,31,37)(H,32,33)/t25-;26-;25-/m111/s1. The summed E-state index contributed by atoms with van der Waals surface area (Å²) in [5, 5.41) is 17.5. The van der Waals surface area contributed by atoms with Gasteiger partial charge < -0.3 is 88.5 Å². The van der Waals surface area contributed by atoms with Gasteiger partial charge in [-0.2, -0.15) is 5.10 Å². The van der Waals surface area contributed by atoms with E-state index in [1.165, 1.54) is 28.9 Å². The molecule has 26 nitrogen and oxygen atoms in total. The van der Waals surface area contributed by atoms with E-state index in [2.05, 4.69) is 94.5 Å². The zero-order valence-electron chi connectivity index (χ0n) is 70.6. The van der Waals surface area contributed by atoms with Crippen molar-refractivity contribution in [2.45, 2.75) is 116 Å². The molecule has 0 unspecified atom stereocenters. The molecule has 4 fully saturated rings. The number of aromatic nitrogens is 2. The molecule has 8 heterocycles. The van der Waals surface area contributed by atoms with Gasteiger partial charge in [-0.3, -0.25) is 33.9 Å². The van der Waals surface area contributed by atoms with Crippen LogP contribution in [0.25, 0.3) is 0 Å². The topological polar surface area (TPSA) is 252 Å². The van der Waals surface area contributed by atoms with E-state index in [0.717, 1.165) is 192 Å². The van der Waals surface area contributed by atoms with Crippen molar-refractivity contribution in [3.63, 3.8) is 0 Å². The van der Waals surface area contributed by atoms with Crippen LogP contribution in [-0.4, -0.2) is 236 Å². The predicted octanol–water partition coefficient (Wildman–Crippen LogP) is 12.5. The lowest BCUT2D eigenvalue weighted by Crippen LogP contribution is -2.46. The van der Waals surface area contributed by atoms with Gasteiger partial charge in [0.2, 0.25) is 5.91 Å². The molecule has 1 aliphatic carbocycles. The van der Waals surface area contributed by atoms with Crippen molar-refractivity contribution in [1.29, 1.82) is 0 Å². The number of rotatable bonds is 33. The fourth-order valence-electron chi connectivity index (χ4n) is 17.5. The molecule has 27 heteroatoms. The highest BCUT2D eigenvalue weighted by atomic mass is 32.1. The summed E-state index contributed by atoms with van der Waals surface area (Å²) in [6.07, 6.45) is 10.5. The highest BCUT2D eigenvalue weighted by molar-refractivity contribution is 7.12. The molecule has 6 aliphatic heterocycles. The zero-order chi connectivity index (χ0) is 83.5. The van der Waals surface area contributed by atoms with Gasteiger partial charge in [-0.05, 0) is 172 Å². The molecule has 0 bridgehead atoms. The van der Waals surface area contributed by atoms with Gasteiger partial charge in [0.1, 0.15) is 0 Å². The van der Waals surface area contributed by atoms with Crippen LogP contribution in [0.15, 0.2) is 139 Å². The van der Waals surface area contributed by atoms with E-state index in [0.29, 0.717) is 103 Å². The normalized spacial score (nSPS) is 16.9. The molecule has 15 rings (SSSR count).